The summed E-state index contributed by atoms with van der Waals surface area (Å²) >= 11 is 1.24. The molecule has 0 radical (unpaired) electrons. The van der Waals surface area contributed by atoms with Gasteiger partial charge in [-0.15, -0.1) is 11.3 Å². The van der Waals surface area contributed by atoms with Crippen LogP contribution in [0, 0.1) is 0 Å². The summed E-state index contributed by atoms with van der Waals surface area (Å²) in [6, 6.07) is 0. The van der Waals surface area contributed by atoms with Crippen molar-refractivity contribution in [3.63, 3.8) is 0 Å². The number of nitrogens with one attached hydrogen (secondary N) is 1. The van der Waals surface area contributed by atoms with E-state index in [9.17, 15) is 13.2 Å². The van der Waals surface area contributed by atoms with E-state index in [0.717, 1.165) is 0 Å². The molecule has 2 heterocycles. The highest BCUT2D eigenvalue weighted by atomic mass is 32.2. The Morgan fingerprint density at radius 3 is 3.00 bits per heavy atom. The molecule has 1 N–H and O–H groups in total. The Kier molecular flexibility index (Phi) is 3.75. The molecule has 1 aliphatic rings. The number of rotatable bonds is 3. The molecule has 8 heteroatoms. The van der Waals surface area contributed by atoms with Gasteiger partial charge in [0.1, 0.15) is 10.9 Å². The number of ether oxygens (including phenoxy) is 1. The zero-order valence-electron chi connectivity index (χ0n) is 8.96. The number of carbonyl (C=O) groups excluding carboxylic acids is 1. The van der Waals surface area contributed by atoms with E-state index >= 15 is 0 Å². The van der Waals surface area contributed by atoms with Crippen LogP contribution in [-0.4, -0.2) is 37.8 Å². The van der Waals surface area contributed by atoms with Gasteiger partial charge in [-0.25, -0.2) is 18.1 Å². The fourth-order valence-electron chi connectivity index (χ4n) is 1.55. The van der Waals surface area contributed by atoms with Gasteiger partial charge in [0.05, 0.1) is 12.1 Å². The molecule has 1 amide bonds. The van der Waals surface area contributed by atoms with E-state index < -0.39 is 21.2 Å². The summed E-state index contributed by atoms with van der Waals surface area (Å²) in [6.45, 7) is 0.714. The van der Waals surface area contributed by atoms with Crippen LogP contribution in [0.3, 0.4) is 0 Å². The quantitative estimate of drug-likeness (QED) is 0.862. The predicted octanol–water partition coefficient (Wildman–Crippen LogP) is 0.382. The SMILES string of the molecule is O=C(NS(=O)(=O)C1CCCOC1)c1cscn1. The molecule has 0 bridgehead atoms. The molecular formula is C9H12N2O4S2. The second-order valence-electron chi connectivity index (χ2n) is 3.69. The van der Waals surface area contributed by atoms with E-state index in [1.54, 1.807) is 0 Å². The summed E-state index contributed by atoms with van der Waals surface area (Å²) in [5.74, 6) is -0.683. The van der Waals surface area contributed by atoms with Crippen LogP contribution in [0.15, 0.2) is 10.9 Å². The molecule has 1 unspecified atom stereocenters. The second kappa shape index (κ2) is 5.11. The van der Waals surface area contributed by atoms with Gasteiger partial charge in [0.2, 0.25) is 10.0 Å². The van der Waals surface area contributed by atoms with Crippen molar-refractivity contribution in [1.29, 1.82) is 0 Å². The highest BCUT2D eigenvalue weighted by Crippen LogP contribution is 2.14. The first-order valence-corrected chi connectivity index (χ1v) is 7.60. The van der Waals surface area contributed by atoms with Gasteiger partial charge in [0.15, 0.2) is 0 Å². The van der Waals surface area contributed by atoms with Crippen LogP contribution in [0.5, 0.6) is 0 Å². The van der Waals surface area contributed by atoms with Crippen LogP contribution in [-0.2, 0) is 14.8 Å². The lowest BCUT2D eigenvalue weighted by Crippen LogP contribution is -2.42. The zero-order valence-corrected chi connectivity index (χ0v) is 10.6. The maximum Gasteiger partial charge on any atom is 0.284 e. The summed E-state index contributed by atoms with van der Waals surface area (Å²) in [6.07, 6.45) is 1.20. The van der Waals surface area contributed by atoms with Crippen molar-refractivity contribution in [2.45, 2.75) is 18.1 Å². The molecule has 94 valence electrons. The highest BCUT2D eigenvalue weighted by molar-refractivity contribution is 7.90. The molecule has 1 fully saturated rings. The summed E-state index contributed by atoms with van der Waals surface area (Å²) < 4.78 is 30.8. The molecule has 0 saturated carbocycles. The Labute approximate surface area is 103 Å². The normalized spacial score (nSPS) is 21.1. The number of aromatic nitrogens is 1. The summed E-state index contributed by atoms with van der Waals surface area (Å²) in [7, 11) is -3.67. The molecule has 0 aromatic carbocycles. The molecule has 0 spiro atoms. The fourth-order valence-corrected chi connectivity index (χ4v) is 3.36. The Morgan fingerprint density at radius 2 is 2.41 bits per heavy atom. The summed E-state index contributed by atoms with van der Waals surface area (Å²) in [5.41, 5.74) is 1.60. The Hall–Kier alpha value is -0.990. The number of sulfonamides is 1. The van der Waals surface area contributed by atoms with Gasteiger partial charge in [-0.1, -0.05) is 0 Å². The van der Waals surface area contributed by atoms with E-state index in [0.29, 0.717) is 19.4 Å². The van der Waals surface area contributed by atoms with Crippen molar-refractivity contribution in [2.75, 3.05) is 13.2 Å². The number of carbonyl (C=O) groups is 1. The monoisotopic (exact) mass is 276 g/mol. The van der Waals surface area contributed by atoms with E-state index in [4.69, 9.17) is 4.74 Å². The van der Waals surface area contributed by atoms with E-state index in [1.807, 2.05) is 4.72 Å². The van der Waals surface area contributed by atoms with Crippen molar-refractivity contribution in [3.8, 4) is 0 Å². The van der Waals surface area contributed by atoms with E-state index in [1.165, 1.54) is 22.2 Å². The second-order valence-corrected chi connectivity index (χ2v) is 6.37. The summed E-state index contributed by atoms with van der Waals surface area (Å²) in [5, 5.41) is 0.848. The van der Waals surface area contributed by atoms with Crippen molar-refractivity contribution in [1.82, 2.24) is 9.71 Å². The van der Waals surface area contributed by atoms with Crippen molar-refractivity contribution in [3.05, 3.63) is 16.6 Å². The number of nitrogens with zero attached hydrogens (tertiary/aromatic N) is 1. The van der Waals surface area contributed by atoms with Gasteiger partial charge < -0.3 is 4.74 Å². The fraction of sp³-hybridized carbons (Fsp3) is 0.556. The smallest absolute Gasteiger partial charge is 0.284 e. The third kappa shape index (κ3) is 3.02. The minimum Gasteiger partial charge on any atom is -0.380 e. The number of amides is 1. The van der Waals surface area contributed by atoms with Gasteiger partial charge in [-0.3, -0.25) is 4.79 Å². The van der Waals surface area contributed by atoms with Crippen LogP contribution < -0.4 is 4.72 Å². The largest absolute Gasteiger partial charge is 0.380 e. The molecule has 1 aromatic heterocycles. The minimum absolute atomic E-state index is 0.121. The lowest BCUT2D eigenvalue weighted by atomic mass is 10.2. The van der Waals surface area contributed by atoms with Crippen LogP contribution in [0.1, 0.15) is 23.3 Å². The Morgan fingerprint density at radius 1 is 1.59 bits per heavy atom. The van der Waals surface area contributed by atoms with Gasteiger partial charge in [0.25, 0.3) is 5.91 Å². The van der Waals surface area contributed by atoms with Crippen LogP contribution >= 0.6 is 11.3 Å². The molecule has 1 saturated heterocycles. The standard InChI is InChI=1S/C9H12N2O4S2/c12-9(8-5-16-6-10-8)11-17(13,14)7-2-1-3-15-4-7/h5-7H,1-4H2,(H,11,12). The van der Waals surface area contributed by atoms with Gasteiger partial charge in [-0.05, 0) is 12.8 Å². The predicted molar refractivity (Wildman–Crippen MR) is 62.3 cm³/mol. The van der Waals surface area contributed by atoms with Crippen LogP contribution in [0.25, 0.3) is 0 Å². The maximum atomic E-state index is 11.9. The molecule has 1 atom stereocenters. The molecule has 2 rings (SSSR count). The van der Waals surface area contributed by atoms with Gasteiger partial charge >= 0.3 is 0 Å². The molecule has 1 aromatic rings. The van der Waals surface area contributed by atoms with Crippen molar-refractivity contribution >= 4 is 27.3 Å². The first kappa shape index (κ1) is 12.5. The Bertz CT molecular complexity index is 477. The maximum absolute atomic E-state index is 11.9. The van der Waals surface area contributed by atoms with E-state index in [-0.39, 0.29) is 12.3 Å². The lowest BCUT2D eigenvalue weighted by Gasteiger charge is -2.21. The first-order chi connectivity index (χ1) is 8.09. The Balaban J connectivity index is 2.04. The van der Waals surface area contributed by atoms with Crippen LogP contribution in [0.4, 0.5) is 0 Å². The van der Waals surface area contributed by atoms with Crippen molar-refractivity contribution in [2.24, 2.45) is 0 Å². The third-order valence-electron chi connectivity index (χ3n) is 2.46. The van der Waals surface area contributed by atoms with Crippen LogP contribution in [0.2, 0.25) is 0 Å². The summed E-state index contributed by atoms with van der Waals surface area (Å²) in [4.78, 5) is 15.3. The number of hydrogen-bond acceptors (Lipinski definition) is 6. The molecule has 6 nitrogen and oxygen atoms in total. The lowest BCUT2D eigenvalue weighted by molar-refractivity contribution is 0.0950. The van der Waals surface area contributed by atoms with E-state index in [2.05, 4.69) is 4.98 Å². The first-order valence-electron chi connectivity index (χ1n) is 5.11. The molecule has 17 heavy (non-hydrogen) atoms. The van der Waals surface area contributed by atoms with Gasteiger partial charge in [-0.2, -0.15) is 0 Å². The topological polar surface area (TPSA) is 85.4 Å². The average molecular weight is 276 g/mol. The third-order valence-corrected chi connectivity index (χ3v) is 4.76. The molecule has 0 aliphatic carbocycles. The van der Waals surface area contributed by atoms with Gasteiger partial charge in [0, 0.05) is 12.0 Å². The average Bonchev–Trinajstić information content (AvgIpc) is 2.83. The minimum atomic E-state index is -3.67. The number of thiazole rings is 1. The highest BCUT2D eigenvalue weighted by Gasteiger charge is 2.30. The number of hydrogen-bond donors (Lipinski definition) is 1. The zero-order chi connectivity index (χ0) is 12.3. The van der Waals surface area contributed by atoms with Crippen molar-refractivity contribution < 1.29 is 17.9 Å². The molecular weight excluding hydrogens is 264 g/mol. The molecule has 1 aliphatic heterocycles.